The maximum atomic E-state index is 10.3. The third-order valence-electron chi connectivity index (χ3n) is 2.14. The Morgan fingerprint density at radius 1 is 0.941 bits per heavy atom. The normalized spacial score (nSPS) is 10.4. The molecular formula is C12H22N2O2P+. The summed E-state index contributed by atoms with van der Waals surface area (Å²) >= 11 is 0. The van der Waals surface area contributed by atoms with Gasteiger partial charge in [-0.2, -0.15) is 4.89 Å². The van der Waals surface area contributed by atoms with Crippen molar-refractivity contribution in [2.45, 2.75) is 25.7 Å². The SMILES string of the molecule is NCCCCCCN.O=[P+](O)c1ccccc1. The molecule has 1 aromatic carbocycles. The summed E-state index contributed by atoms with van der Waals surface area (Å²) in [6.45, 7) is 1.65. The molecule has 0 bridgehead atoms. The first kappa shape index (κ1) is 16.2. The van der Waals surface area contributed by atoms with Gasteiger partial charge in [-0.3, -0.25) is 0 Å². The van der Waals surface area contributed by atoms with E-state index in [2.05, 4.69) is 0 Å². The van der Waals surface area contributed by atoms with E-state index < -0.39 is 8.03 Å². The largest absolute Gasteiger partial charge is 0.546 e. The summed E-state index contributed by atoms with van der Waals surface area (Å²) in [5.41, 5.74) is 10.6. The van der Waals surface area contributed by atoms with Gasteiger partial charge in [0.2, 0.25) is 5.30 Å². The number of rotatable bonds is 6. The molecule has 1 atom stereocenters. The Morgan fingerprint density at radius 3 is 1.71 bits per heavy atom. The van der Waals surface area contributed by atoms with Gasteiger partial charge in [0.25, 0.3) is 0 Å². The van der Waals surface area contributed by atoms with E-state index in [1.165, 1.54) is 12.8 Å². The molecule has 1 rings (SSSR count). The number of hydrogen-bond acceptors (Lipinski definition) is 3. The van der Waals surface area contributed by atoms with E-state index in [9.17, 15) is 4.57 Å². The van der Waals surface area contributed by atoms with Crippen molar-refractivity contribution in [2.24, 2.45) is 11.5 Å². The molecule has 0 amide bonds. The van der Waals surface area contributed by atoms with Crippen LogP contribution in [0.1, 0.15) is 25.7 Å². The minimum absolute atomic E-state index is 0.479. The van der Waals surface area contributed by atoms with Crippen molar-refractivity contribution >= 4 is 13.3 Å². The van der Waals surface area contributed by atoms with Gasteiger partial charge in [0, 0.05) is 0 Å². The summed E-state index contributed by atoms with van der Waals surface area (Å²) in [6, 6.07) is 8.53. The van der Waals surface area contributed by atoms with Crippen LogP contribution in [0.4, 0.5) is 0 Å². The van der Waals surface area contributed by atoms with Crippen LogP contribution in [0.5, 0.6) is 0 Å². The fourth-order valence-corrected chi connectivity index (χ4v) is 1.62. The lowest BCUT2D eigenvalue weighted by atomic mass is 10.2. The highest BCUT2D eigenvalue weighted by Crippen LogP contribution is 2.10. The third-order valence-corrected chi connectivity index (χ3v) is 2.88. The monoisotopic (exact) mass is 257 g/mol. The zero-order chi connectivity index (χ0) is 12.9. The van der Waals surface area contributed by atoms with Gasteiger partial charge in [0.15, 0.2) is 0 Å². The molecule has 1 unspecified atom stereocenters. The van der Waals surface area contributed by atoms with Crippen molar-refractivity contribution in [1.82, 2.24) is 0 Å². The Labute approximate surface area is 104 Å². The highest BCUT2D eigenvalue weighted by Gasteiger charge is 2.12. The number of hydrogen-bond donors (Lipinski definition) is 3. The van der Waals surface area contributed by atoms with Gasteiger partial charge in [-0.1, -0.05) is 31.0 Å². The summed E-state index contributed by atoms with van der Waals surface area (Å²) in [7, 11) is -2.15. The molecule has 0 aliphatic heterocycles. The molecule has 5 heteroatoms. The first-order valence-electron chi connectivity index (χ1n) is 5.83. The Morgan fingerprint density at radius 2 is 1.41 bits per heavy atom. The molecule has 17 heavy (non-hydrogen) atoms. The molecule has 4 nitrogen and oxygen atoms in total. The van der Waals surface area contributed by atoms with Crippen LogP contribution in [0.25, 0.3) is 0 Å². The van der Waals surface area contributed by atoms with E-state index in [0.717, 1.165) is 25.9 Å². The van der Waals surface area contributed by atoms with Gasteiger partial charge in [-0.25, -0.2) is 0 Å². The van der Waals surface area contributed by atoms with Gasteiger partial charge in [-0.05, 0) is 42.6 Å². The van der Waals surface area contributed by atoms with Crippen molar-refractivity contribution in [1.29, 1.82) is 0 Å². The van der Waals surface area contributed by atoms with Crippen molar-refractivity contribution in [3.05, 3.63) is 30.3 Å². The van der Waals surface area contributed by atoms with Gasteiger partial charge < -0.3 is 11.5 Å². The summed E-state index contributed by atoms with van der Waals surface area (Å²) in [5, 5.41) is 0.479. The number of nitrogens with two attached hydrogens (primary N) is 2. The van der Waals surface area contributed by atoms with E-state index in [1.54, 1.807) is 24.3 Å². The predicted molar refractivity (Wildman–Crippen MR) is 72.5 cm³/mol. The Bertz CT molecular complexity index is 288. The second-order valence-electron chi connectivity index (χ2n) is 3.60. The number of benzene rings is 1. The summed E-state index contributed by atoms with van der Waals surface area (Å²) in [6.07, 6.45) is 4.79. The fraction of sp³-hybridized carbons (Fsp3) is 0.500. The van der Waals surface area contributed by atoms with Crippen molar-refractivity contribution < 1.29 is 9.46 Å². The Balaban J connectivity index is 0.000000304. The first-order valence-corrected chi connectivity index (χ1v) is 7.05. The topological polar surface area (TPSA) is 89.3 Å². The lowest BCUT2D eigenvalue weighted by Crippen LogP contribution is -2.00. The highest BCUT2D eigenvalue weighted by atomic mass is 31.1. The van der Waals surface area contributed by atoms with E-state index in [-0.39, 0.29) is 0 Å². The minimum atomic E-state index is -2.15. The average molecular weight is 257 g/mol. The van der Waals surface area contributed by atoms with Crippen LogP contribution in [-0.4, -0.2) is 18.0 Å². The molecule has 0 fully saturated rings. The maximum Gasteiger partial charge on any atom is 0.546 e. The smallest absolute Gasteiger partial charge is 0.330 e. The molecule has 0 heterocycles. The lowest BCUT2D eigenvalue weighted by Gasteiger charge is -1.94. The third kappa shape index (κ3) is 10.1. The van der Waals surface area contributed by atoms with Crippen LogP contribution in [0.15, 0.2) is 30.3 Å². The molecule has 96 valence electrons. The molecule has 0 aliphatic rings. The van der Waals surface area contributed by atoms with Crippen LogP contribution in [-0.2, 0) is 4.57 Å². The minimum Gasteiger partial charge on any atom is -0.330 e. The second-order valence-corrected chi connectivity index (χ2v) is 4.66. The van der Waals surface area contributed by atoms with Gasteiger partial charge in [0.05, 0.1) is 0 Å². The predicted octanol–water partition coefficient (Wildman–Crippen LogP) is 1.51. The standard InChI is InChI=1S/C6H16N2.C6H5O2P/c7-5-3-1-2-4-6-8;7-9(8)6-4-2-1-3-5-6/h1-8H2;1-5H/p+1. The number of unbranched alkanes of at least 4 members (excludes halogenated alkanes) is 3. The summed E-state index contributed by atoms with van der Waals surface area (Å²) < 4.78 is 10.3. The summed E-state index contributed by atoms with van der Waals surface area (Å²) in [5.74, 6) is 0. The molecule has 1 aromatic rings. The van der Waals surface area contributed by atoms with Crippen molar-refractivity contribution in [2.75, 3.05) is 13.1 Å². The molecule has 0 aromatic heterocycles. The van der Waals surface area contributed by atoms with E-state index in [1.807, 2.05) is 6.07 Å². The highest BCUT2D eigenvalue weighted by molar-refractivity contribution is 7.47. The van der Waals surface area contributed by atoms with Crippen molar-refractivity contribution in [3.63, 3.8) is 0 Å². The molecular weight excluding hydrogens is 235 g/mol. The molecule has 5 N–H and O–H groups in total. The van der Waals surface area contributed by atoms with Gasteiger partial charge in [0.1, 0.15) is 0 Å². The van der Waals surface area contributed by atoms with Gasteiger partial charge >= 0.3 is 8.03 Å². The van der Waals surface area contributed by atoms with Crippen LogP contribution in [0.3, 0.4) is 0 Å². The van der Waals surface area contributed by atoms with Crippen LogP contribution >= 0.6 is 8.03 Å². The fourth-order valence-electron chi connectivity index (χ4n) is 1.20. The second kappa shape index (κ2) is 11.7. The van der Waals surface area contributed by atoms with Gasteiger partial charge in [-0.15, -0.1) is 0 Å². The Hall–Kier alpha value is -0.800. The van der Waals surface area contributed by atoms with E-state index in [4.69, 9.17) is 16.4 Å². The van der Waals surface area contributed by atoms with Crippen LogP contribution < -0.4 is 16.8 Å². The van der Waals surface area contributed by atoms with E-state index >= 15 is 0 Å². The zero-order valence-electron chi connectivity index (χ0n) is 10.1. The molecule has 0 aliphatic carbocycles. The molecule has 0 saturated carbocycles. The summed E-state index contributed by atoms with van der Waals surface area (Å²) in [4.78, 5) is 8.53. The van der Waals surface area contributed by atoms with Crippen LogP contribution in [0, 0.1) is 0 Å². The molecule has 0 spiro atoms. The maximum absolute atomic E-state index is 10.3. The molecule has 0 saturated heterocycles. The quantitative estimate of drug-likeness (QED) is 0.532. The zero-order valence-corrected chi connectivity index (χ0v) is 11.0. The van der Waals surface area contributed by atoms with Crippen LogP contribution in [0.2, 0.25) is 0 Å². The Kier molecular flexibility index (Phi) is 11.1. The lowest BCUT2D eigenvalue weighted by molar-refractivity contribution is 0.513. The average Bonchev–Trinajstić information content (AvgIpc) is 2.37. The first-order chi connectivity index (χ1) is 8.22. The van der Waals surface area contributed by atoms with E-state index in [0.29, 0.717) is 5.30 Å². The van der Waals surface area contributed by atoms with Crippen molar-refractivity contribution in [3.8, 4) is 0 Å². The molecule has 0 radical (unpaired) electrons.